The molecule has 160 valence electrons. The highest BCUT2D eigenvalue weighted by molar-refractivity contribution is 6.39. The van der Waals surface area contributed by atoms with Gasteiger partial charge in [0.2, 0.25) is 11.8 Å². The molecule has 4 nitrogen and oxygen atoms in total. The zero-order valence-electron chi connectivity index (χ0n) is 16.8. The van der Waals surface area contributed by atoms with Crippen molar-refractivity contribution >= 4 is 52.3 Å². The van der Waals surface area contributed by atoms with Crippen LogP contribution in [0.2, 0.25) is 5.02 Å². The van der Waals surface area contributed by atoms with Gasteiger partial charge in [0.1, 0.15) is 15.5 Å². The van der Waals surface area contributed by atoms with Gasteiger partial charge in [0.15, 0.2) is 0 Å². The molecule has 1 heterocycles. The van der Waals surface area contributed by atoms with Crippen molar-refractivity contribution in [2.75, 3.05) is 12.0 Å². The van der Waals surface area contributed by atoms with Crippen LogP contribution in [0.1, 0.15) is 22.3 Å². The average molecular weight is 485 g/mol. The number of carbonyl (C=O) groups is 2. The molecule has 1 fully saturated rings. The van der Waals surface area contributed by atoms with E-state index in [1.165, 1.54) is 7.11 Å². The monoisotopic (exact) mass is 483 g/mol. The van der Waals surface area contributed by atoms with Crippen molar-refractivity contribution in [2.24, 2.45) is 11.8 Å². The van der Waals surface area contributed by atoms with E-state index < -0.39 is 33.4 Å². The van der Waals surface area contributed by atoms with Crippen molar-refractivity contribution in [2.45, 2.75) is 9.75 Å². The Bertz CT molecular complexity index is 1220. The maximum Gasteiger partial charge on any atom is 0.240 e. The van der Waals surface area contributed by atoms with Gasteiger partial charge in [0.25, 0.3) is 0 Å². The average Bonchev–Trinajstić information content (AvgIpc) is 3.08. The van der Waals surface area contributed by atoms with Crippen molar-refractivity contribution in [1.29, 1.82) is 0 Å². The van der Waals surface area contributed by atoms with Gasteiger partial charge in [-0.2, -0.15) is 0 Å². The van der Waals surface area contributed by atoms with E-state index in [-0.39, 0.29) is 5.69 Å². The predicted molar refractivity (Wildman–Crippen MR) is 124 cm³/mol. The molecule has 32 heavy (non-hydrogen) atoms. The summed E-state index contributed by atoms with van der Waals surface area (Å²) in [4.78, 5) is 26.6. The van der Waals surface area contributed by atoms with E-state index in [1.807, 2.05) is 48.5 Å². The van der Waals surface area contributed by atoms with Crippen LogP contribution < -0.4 is 9.64 Å². The summed E-state index contributed by atoms with van der Waals surface area (Å²) in [6.45, 7) is 0. The molecule has 2 bridgehead atoms. The number of methoxy groups -OCH3 is 1. The van der Waals surface area contributed by atoms with Crippen molar-refractivity contribution in [3.05, 3.63) is 94.0 Å². The molecule has 0 saturated carbocycles. The first-order chi connectivity index (χ1) is 15.3. The van der Waals surface area contributed by atoms with Gasteiger partial charge in [0.05, 0.1) is 24.6 Å². The summed E-state index contributed by atoms with van der Waals surface area (Å²) in [5.41, 5.74) is 3.34. The highest BCUT2D eigenvalue weighted by atomic mass is 35.5. The number of amides is 2. The Morgan fingerprint density at radius 1 is 0.781 bits per heavy atom. The summed E-state index contributed by atoms with van der Waals surface area (Å²) in [5.74, 6) is -2.20. The van der Waals surface area contributed by atoms with Crippen molar-refractivity contribution in [3.63, 3.8) is 0 Å². The highest BCUT2D eigenvalue weighted by Gasteiger charge is 2.73. The van der Waals surface area contributed by atoms with Crippen molar-refractivity contribution in [3.8, 4) is 5.75 Å². The summed E-state index contributed by atoms with van der Waals surface area (Å²) >= 11 is 21.1. The summed E-state index contributed by atoms with van der Waals surface area (Å²) < 4.78 is 5.44. The van der Waals surface area contributed by atoms with E-state index in [2.05, 4.69) is 0 Å². The lowest BCUT2D eigenvalue weighted by Gasteiger charge is -2.54. The molecule has 0 aromatic heterocycles. The molecule has 1 aliphatic heterocycles. The molecular formula is C25H16Cl3NO3. The number of benzene rings is 3. The van der Waals surface area contributed by atoms with Crippen LogP contribution >= 0.6 is 34.8 Å². The Kier molecular flexibility index (Phi) is 4.09. The molecule has 2 atom stereocenters. The number of rotatable bonds is 2. The molecule has 0 radical (unpaired) electrons. The van der Waals surface area contributed by atoms with Crippen LogP contribution in [-0.4, -0.2) is 18.9 Å². The zero-order valence-corrected chi connectivity index (χ0v) is 19.1. The number of hydrogen-bond donors (Lipinski definition) is 0. The maximum atomic E-state index is 14.0. The Hall–Kier alpha value is -2.53. The third-order valence-corrected chi connectivity index (χ3v) is 8.49. The topological polar surface area (TPSA) is 46.6 Å². The molecule has 0 unspecified atom stereocenters. The molecule has 4 aliphatic rings. The summed E-state index contributed by atoms with van der Waals surface area (Å²) in [5, 5.41) is 0.381. The Balaban J connectivity index is 1.66. The maximum absolute atomic E-state index is 14.0. The molecule has 3 aromatic carbocycles. The number of ether oxygens (including phenoxy) is 1. The summed E-state index contributed by atoms with van der Waals surface area (Å²) in [6, 6.07) is 19.9. The van der Waals surface area contributed by atoms with E-state index in [4.69, 9.17) is 39.5 Å². The van der Waals surface area contributed by atoms with Crippen LogP contribution in [0, 0.1) is 11.8 Å². The number of imide groups is 1. The third kappa shape index (κ3) is 2.16. The van der Waals surface area contributed by atoms with Crippen LogP contribution in [0.15, 0.2) is 66.7 Å². The fourth-order valence-corrected chi connectivity index (χ4v) is 7.01. The fourth-order valence-electron chi connectivity index (χ4n) is 5.74. The molecule has 0 spiro atoms. The molecule has 2 amide bonds. The molecule has 7 rings (SSSR count). The van der Waals surface area contributed by atoms with Gasteiger partial charge < -0.3 is 4.74 Å². The number of halogens is 3. The second-order valence-electron chi connectivity index (χ2n) is 8.30. The zero-order chi connectivity index (χ0) is 22.4. The highest BCUT2D eigenvalue weighted by Crippen LogP contribution is 2.69. The minimum Gasteiger partial charge on any atom is -0.495 e. The van der Waals surface area contributed by atoms with Gasteiger partial charge in [-0.3, -0.25) is 9.59 Å². The molecular weight excluding hydrogens is 469 g/mol. The number of carbonyl (C=O) groups excluding carboxylic acids is 2. The van der Waals surface area contributed by atoms with Gasteiger partial charge in [-0.1, -0.05) is 60.1 Å². The van der Waals surface area contributed by atoms with E-state index in [0.29, 0.717) is 10.8 Å². The van der Waals surface area contributed by atoms with Gasteiger partial charge in [-0.25, -0.2) is 4.90 Å². The molecule has 3 aliphatic carbocycles. The van der Waals surface area contributed by atoms with Crippen LogP contribution in [0.4, 0.5) is 5.69 Å². The lowest BCUT2D eigenvalue weighted by molar-refractivity contribution is -0.122. The molecule has 1 saturated heterocycles. The second-order valence-corrected chi connectivity index (χ2v) is 9.93. The van der Waals surface area contributed by atoms with Crippen molar-refractivity contribution in [1.82, 2.24) is 0 Å². The summed E-state index contributed by atoms with van der Waals surface area (Å²) in [6.07, 6.45) is 0. The van der Waals surface area contributed by atoms with Crippen LogP contribution in [-0.2, 0) is 19.3 Å². The number of nitrogens with zero attached hydrogens (tertiary/aromatic N) is 1. The van der Waals surface area contributed by atoms with E-state index in [0.717, 1.165) is 27.2 Å². The smallest absolute Gasteiger partial charge is 0.240 e. The number of anilines is 1. The van der Waals surface area contributed by atoms with Crippen LogP contribution in [0.25, 0.3) is 0 Å². The van der Waals surface area contributed by atoms with Gasteiger partial charge in [-0.15, -0.1) is 23.2 Å². The van der Waals surface area contributed by atoms with Crippen molar-refractivity contribution < 1.29 is 14.3 Å². The summed E-state index contributed by atoms with van der Waals surface area (Å²) in [7, 11) is 1.48. The quantitative estimate of drug-likeness (QED) is 0.359. The standard InChI is InChI=1S/C25H16Cl3NO3/c1-32-19-11-10-13(26)12-18(19)29-22(30)20-21(23(29)31)25(28)15-7-3-2-6-14(15)24(20,27)16-8-4-5-9-17(16)25/h2-12,20-21H,1H3/t20-,21+,24?,25?. The minimum absolute atomic E-state index is 0.289. The lowest BCUT2D eigenvalue weighted by atomic mass is 9.54. The first-order valence-corrected chi connectivity index (χ1v) is 11.3. The number of hydrogen-bond acceptors (Lipinski definition) is 3. The van der Waals surface area contributed by atoms with Gasteiger partial charge in [-0.05, 0) is 40.5 Å². The molecule has 0 N–H and O–H groups in total. The Morgan fingerprint density at radius 2 is 1.22 bits per heavy atom. The lowest BCUT2D eigenvalue weighted by Crippen LogP contribution is -2.57. The second kappa shape index (κ2) is 6.50. The predicted octanol–water partition coefficient (Wildman–Crippen LogP) is 5.45. The van der Waals surface area contributed by atoms with Crippen LogP contribution in [0.3, 0.4) is 0 Å². The Morgan fingerprint density at radius 3 is 1.62 bits per heavy atom. The first kappa shape index (κ1) is 20.1. The van der Waals surface area contributed by atoms with Gasteiger partial charge in [0, 0.05) is 5.02 Å². The number of alkyl halides is 2. The van der Waals surface area contributed by atoms with E-state index >= 15 is 0 Å². The minimum atomic E-state index is -1.22. The van der Waals surface area contributed by atoms with Crippen LogP contribution in [0.5, 0.6) is 5.75 Å². The SMILES string of the molecule is COc1ccc(Cl)cc1N1C(=O)[C@@H]2[C@H](C1=O)C1(Cl)c3ccccc3C2(Cl)c2ccccc21. The van der Waals surface area contributed by atoms with Gasteiger partial charge >= 0.3 is 0 Å². The molecule has 3 aromatic rings. The molecule has 7 heteroatoms. The van der Waals surface area contributed by atoms with E-state index in [1.54, 1.807) is 18.2 Å². The first-order valence-electron chi connectivity index (χ1n) is 10.1. The normalized spacial score (nSPS) is 29.6. The van der Waals surface area contributed by atoms with E-state index in [9.17, 15) is 9.59 Å². The Labute approximate surface area is 199 Å². The fraction of sp³-hybridized carbons (Fsp3) is 0.200. The largest absolute Gasteiger partial charge is 0.495 e. The third-order valence-electron chi connectivity index (χ3n) is 6.97.